The molecule has 0 heterocycles. The van der Waals surface area contributed by atoms with Crippen LogP contribution in [0.4, 0.5) is 0 Å². The highest BCUT2D eigenvalue weighted by atomic mass is 16.5. The van der Waals surface area contributed by atoms with Gasteiger partial charge in [-0.15, -0.1) is 0 Å². The fraction of sp³-hybridized carbons (Fsp3) is 0.833. The van der Waals surface area contributed by atoms with Gasteiger partial charge in [0.2, 0.25) is 0 Å². The third-order valence-corrected chi connectivity index (χ3v) is 0.612. The Morgan fingerprint density at radius 3 is 1.56 bits per heavy atom. The van der Waals surface area contributed by atoms with Crippen molar-refractivity contribution in [2.45, 2.75) is 26.4 Å². The summed E-state index contributed by atoms with van der Waals surface area (Å²) in [5, 5.41) is 6.89. The first-order valence-corrected chi connectivity index (χ1v) is 2.61. The Morgan fingerprint density at radius 1 is 1.44 bits per heavy atom. The molecule has 0 aromatic carbocycles. The average molecular weight is 134 g/mol. The lowest BCUT2D eigenvalue weighted by Gasteiger charge is -2.14. The molecule has 56 valence electrons. The number of carboxylic acid groups (broad SMARTS) is 1. The molecule has 0 fully saturated rings. The first kappa shape index (κ1) is 11.3. The molecule has 0 aliphatic rings. The van der Waals surface area contributed by atoms with Gasteiger partial charge in [0.1, 0.15) is 0 Å². The number of hydrogen-bond donors (Lipinski definition) is 1. The lowest BCUT2D eigenvalue weighted by atomic mass is 10.2. The normalized spacial score (nSPS) is 9.33. The predicted octanol–water partition coefficient (Wildman–Crippen LogP) is 1.13. The van der Waals surface area contributed by atoms with Gasteiger partial charge in [-0.3, -0.25) is 4.79 Å². The van der Waals surface area contributed by atoms with Gasteiger partial charge in [0, 0.05) is 7.11 Å². The number of hydrogen-bond acceptors (Lipinski definition) is 2. The van der Waals surface area contributed by atoms with E-state index in [-0.39, 0.29) is 12.1 Å². The van der Waals surface area contributed by atoms with Gasteiger partial charge in [-0.1, -0.05) is 0 Å². The molecule has 0 aliphatic heterocycles. The summed E-state index contributed by atoms with van der Waals surface area (Å²) in [4.78, 5) is 8.36. The predicted molar refractivity (Wildman–Crippen MR) is 35.5 cm³/mol. The summed E-state index contributed by atoms with van der Waals surface area (Å²) in [6.45, 7) is 5.81. The Labute approximate surface area is 55.6 Å². The summed E-state index contributed by atoms with van der Waals surface area (Å²) in [6, 6.07) is 0. The second kappa shape index (κ2) is 5.56. The minimum Gasteiger partial charge on any atom is -0.483 e. The molecule has 0 bridgehead atoms. The molecule has 9 heavy (non-hydrogen) atoms. The number of ether oxygens (including phenoxy) is 1. The smallest absolute Gasteiger partial charge is 0.290 e. The molecule has 0 saturated carbocycles. The van der Waals surface area contributed by atoms with Crippen molar-refractivity contribution in [2.75, 3.05) is 7.11 Å². The fourth-order valence-corrected chi connectivity index (χ4v) is 0. The molecule has 3 heteroatoms. The van der Waals surface area contributed by atoms with E-state index in [9.17, 15) is 0 Å². The van der Waals surface area contributed by atoms with E-state index in [2.05, 4.69) is 0 Å². The van der Waals surface area contributed by atoms with Crippen molar-refractivity contribution in [2.24, 2.45) is 0 Å². The number of methoxy groups -OCH3 is 1. The maximum Gasteiger partial charge on any atom is 0.290 e. The van der Waals surface area contributed by atoms with Gasteiger partial charge in [-0.05, 0) is 20.8 Å². The van der Waals surface area contributed by atoms with Crippen molar-refractivity contribution in [3.8, 4) is 0 Å². The summed E-state index contributed by atoms with van der Waals surface area (Å²) >= 11 is 0. The van der Waals surface area contributed by atoms with Crippen LogP contribution in [0.15, 0.2) is 0 Å². The van der Waals surface area contributed by atoms with Crippen LogP contribution in [0, 0.1) is 0 Å². The minimum atomic E-state index is -0.250. The molecule has 0 aromatic rings. The van der Waals surface area contributed by atoms with Crippen LogP contribution in [-0.4, -0.2) is 24.3 Å². The van der Waals surface area contributed by atoms with Crippen molar-refractivity contribution in [1.29, 1.82) is 0 Å². The Balaban J connectivity index is 0. The Hall–Kier alpha value is -0.570. The number of carbonyl (C=O) groups is 1. The second-order valence-corrected chi connectivity index (χ2v) is 2.42. The maximum absolute atomic E-state index is 8.36. The van der Waals surface area contributed by atoms with Gasteiger partial charge in [-0.2, -0.15) is 0 Å². The third-order valence-electron chi connectivity index (χ3n) is 0.612. The zero-order valence-electron chi connectivity index (χ0n) is 6.34. The molecule has 0 saturated heterocycles. The van der Waals surface area contributed by atoms with Crippen LogP contribution in [0.1, 0.15) is 20.8 Å². The highest BCUT2D eigenvalue weighted by molar-refractivity contribution is 5.32. The molecule has 0 aliphatic carbocycles. The Morgan fingerprint density at radius 2 is 1.56 bits per heavy atom. The molecule has 0 unspecified atom stereocenters. The molecular formula is C6H14O3. The third kappa shape index (κ3) is 37.1. The van der Waals surface area contributed by atoms with Crippen molar-refractivity contribution in [3.63, 3.8) is 0 Å². The highest BCUT2D eigenvalue weighted by Gasteiger charge is 2.03. The first-order valence-electron chi connectivity index (χ1n) is 2.61. The van der Waals surface area contributed by atoms with Gasteiger partial charge in [0.15, 0.2) is 0 Å². The lowest BCUT2D eigenvalue weighted by Crippen LogP contribution is -2.15. The largest absolute Gasteiger partial charge is 0.483 e. The molecule has 0 spiro atoms. The SMILES string of the molecule is COC(C)(C)C.O=CO. The van der Waals surface area contributed by atoms with Crippen molar-refractivity contribution in [3.05, 3.63) is 0 Å². The van der Waals surface area contributed by atoms with E-state index in [1.807, 2.05) is 20.8 Å². The van der Waals surface area contributed by atoms with Gasteiger partial charge < -0.3 is 9.84 Å². The summed E-state index contributed by atoms with van der Waals surface area (Å²) in [5.41, 5.74) is 0.0417. The van der Waals surface area contributed by atoms with Gasteiger partial charge >= 0.3 is 0 Å². The van der Waals surface area contributed by atoms with Crippen molar-refractivity contribution in [1.82, 2.24) is 0 Å². The number of rotatable bonds is 0. The molecule has 0 radical (unpaired) electrons. The maximum atomic E-state index is 8.36. The van der Waals surface area contributed by atoms with Crippen LogP contribution in [0.3, 0.4) is 0 Å². The monoisotopic (exact) mass is 134 g/mol. The van der Waals surface area contributed by atoms with Crippen molar-refractivity contribution >= 4 is 6.47 Å². The Bertz CT molecular complexity index is 63.2. The summed E-state index contributed by atoms with van der Waals surface area (Å²) in [6.07, 6.45) is 0. The topological polar surface area (TPSA) is 46.5 Å². The summed E-state index contributed by atoms with van der Waals surface area (Å²) < 4.78 is 4.94. The molecular weight excluding hydrogens is 120 g/mol. The molecule has 3 nitrogen and oxygen atoms in total. The van der Waals surface area contributed by atoms with E-state index in [4.69, 9.17) is 14.6 Å². The van der Waals surface area contributed by atoms with E-state index in [0.717, 1.165) is 0 Å². The molecule has 1 N–H and O–H groups in total. The van der Waals surface area contributed by atoms with E-state index >= 15 is 0 Å². The van der Waals surface area contributed by atoms with Crippen LogP contribution >= 0.6 is 0 Å². The van der Waals surface area contributed by atoms with Crippen LogP contribution in [0.25, 0.3) is 0 Å². The van der Waals surface area contributed by atoms with Gasteiger partial charge in [0.05, 0.1) is 5.60 Å². The summed E-state index contributed by atoms with van der Waals surface area (Å²) in [5.74, 6) is 0. The second-order valence-electron chi connectivity index (χ2n) is 2.42. The van der Waals surface area contributed by atoms with Gasteiger partial charge in [-0.25, -0.2) is 0 Å². The molecule has 0 atom stereocenters. The fourth-order valence-electron chi connectivity index (χ4n) is 0. The van der Waals surface area contributed by atoms with Crippen molar-refractivity contribution < 1.29 is 14.6 Å². The van der Waals surface area contributed by atoms with E-state index in [1.54, 1.807) is 7.11 Å². The zero-order valence-corrected chi connectivity index (χ0v) is 6.34. The lowest BCUT2D eigenvalue weighted by molar-refractivity contribution is -0.122. The van der Waals surface area contributed by atoms with E-state index in [0.29, 0.717) is 0 Å². The van der Waals surface area contributed by atoms with Crippen LogP contribution < -0.4 is 0 Å². The van der Waals surface area contributed by atoms with Crippen LogP contribution in [-0.2, 0) is 9.53 Å². The quantitative estimate of drug-likeness (QED) is 0.505. The van der Waals surface area contributed by atoms with Crippen LogP contribution in [0.5, 0.6) is 0 Å². The molecule has 0 aromatic heterocycles. The minimum absolute atomic E-state index is 0.0417. The zero-order chi connectivity index (χ0) is 7.91. The van der Waals surface area contributed by atoms with Gasteiger partial charge in [0.25, 0.3) is 6.47 Å². The molecule has 0 rings (SSSR count). The average Bonchev–Trinajstić information content (AvgIpc) is 1.67. The summed E-state index contributed by atoms with van der Waals surface area (Å²) in [7, 11) is 1.71. The van der Waals surface area contributed by atoms with Crippen LogP contribution in [0.2, 0.25) is 0 Å². The van der Waals surface area contributed by atoms with E-state index < -0.39 is 0 Å². The molecule has 0 amide bonds. The highest BCUT2D eigenvalue weighted by Crippen LogP contribution is 2.02. The van der Waals surface area contributed by atoms with E-state index in [1.165, 1.54) is 0 Å². The Kier molecular flexibility index (Phi) is 6.96. The first-order chi connectivity index (χ1) is 3.97. The standard InChI is InChI=1S/C5H12O.CH2O2/c1-5(2,3)6-4;2-1-3/h1-4H3;1H,(H,2,3).